The van der Waals surface area contributed by atoms with Crippen LogP contribution in [-0.4, -0.2) is 22.5 Å². The van der Waals surface area contributed by atoms with Crippen molar-refractivity contribution in [3.63, 3.8) is 0 Å². The Labute approximate surface area is 182 Å². The van der Waals surface area contributed by atoms with Gasteiger partial charge < -0.3 is 4.74 Å². The SMILES string of the molecule is CCCCCCCCOc1ccc(N(C(C)=O)c2nc(-c3cccnc3)cs2)cc1. The fourth-order valence-corrected chi connectivity index (χ4v) is 4.10. The van der Waals surface area contributed by atoms with Gasteiger partial charge >= 0.3 is 0 Å². The Hall–Kier alpha value is -2.73. The summed E-state index contributed by atoms with van der Waals surface area (Å²) >= 11 is 1.44. The van der Waals surface area contributed by atoms with Gasteiger partial charge in [-0.1, -0.05) is 39.0 Å². The van der Waals surface area contributed by atoms with Crippen LogP contribution in [-0.2, 0) is 4.79 Å². The van der Waals surface area contributed by atoms with Crippen LogP contribution in [0.5, 0.6) is 5.75 Å². The number of hydrogen-bond acceptors (Lipinski definition) is 5. The molecule has 0 N–H and O–H groups in total. The molecular weight excluding hydrogens is 394 g/mol. The normalized spacial score (nSPS) is 10.7. The van der Waals surface area contributed by atoms with E-state index in [2.05, 4.69) is 16.9 Å². The lowest BCUT2D eigenvalue weighted by Crippen LogP contribution is -2.22. The molecule has 5 nitrogen and oxygen atoms in total. The van der Waals surface area contributed by atoms with E-state index in [-0.39, 0.29) is 5.91 Å². The first-order valence-electron chi connectivity index (χ1n) is 10.6. The van der Waals surface area contributed by atoms with E-state index in [0.29, 0.717) is 5.13 Å². The first kappa shape index (κ1) is 22.0. The minimum Gasteiger partial charge on any atom is -0.494 e. The molecule has 2 aromatic heterocycles. The molecular formula is C24H29N3O2S. The van der Waals surface area contributed by atoms with Crippen LogP contribution < -0.4 is 9.64 Å². The Morgan fingerprint density at radius 3 is 2.53 bits per heavy atom. The third-order valence-electron chi connectivity index (χ3n) is 4.82. The second-order valence-electron chi connectivity index (χ2n) is 7.22. The number of nitrogens with zero attached hydrogens (tertiary/aromatic N) is 3. The van der Waals surface area contributed by atoms with Crippen LogP contribution in [0.15, 0.2) is 54.2 Å². The van der Waals surface area contributed by atoms with Crippen LogP contribution in [0.25, 0.3) is 11.3 Å². The van der Waals surface area contributed by atoms with Crippen molar-refractivity contribution in [1.82, 2.24) is 9.97 Å². The van der Waals surface area contributed by atoms with Gasteiger partial charge in [0.15, 0.2) is 5.13 Å². The lowest BCUT2D eigenvalue weighted by atomic mass is 10.1. The average Bonchev–Trinajstić information content (AvgIpc) is 3.24. The average molecular weight is 424 g/mol. The number of anilines is 2. The number of ether oxygens (including phenoxy) is 1. The van der Waals surface area contributed by atoms with Crippen LogP contribution in [0.4, 0.5) is 10.8 Å². The van der Waals surface area contributed by atoms with Gasteiger partial charge in [0.1, 0.15) is 5.75 Å². The number of aromatic nitrogens is 2. The predicted molar refractivity (Wildman–Crippen MR) is 123 cm³/mol. The summed E-state index contributed by atoms with van der Waals surface area (Å²) in [6, 6.07) is 11.5. The van der Waals surface area contributed by atoms with E-state index < -0.39 is 0 Å². The highest BCUT2D eigenvalue weighted by Crippen LogP contribution is 2.33. The highest BCUT2D eigenvalue weighted by molar-refractivity contribution is 7.14. The number of carbonyl (C=O) groups excluding carboxylic acids is 1. The van der Waals surface area contributed by atoms with Crippen molar-refractivity contribution < 1.29 is 9.53 Å². The molecule has 0 bridgehead atoms. The van der Waals surface area contributed by atoms with E-state index in [1.807, 2.05) is 41.8 Å². The number of amides is 1. The Bertz CT molecular complexity index is 910. The van der Waals surface area contributed by atoms with Gasteiger partial charge in [-0.05, 0) is 42.8 Å². The van der Waals surface area contributed by atoms with Crippen LogP contribution in [0.3, 0.4) is 0 Å². The Morgan fingerprint density at radius 2 is 1.83 bits per heavy atom. The maximum absolute atomic E-state index is 12.3. The molecule has 1 aromatic carbocycles. The Kier molecular flexibility index (Phi) is 8.39. The zero-order valence-electron chi connectivity index (χ0n) is 17.7. The summed E-state index contributed by atoms with van der Waals surface area (Å²) in [5.41, 5.74) is 2.52. The molecule has 0 aliphatic carbocycles. The minimum absolute atomic E-state index is 0.0807. The monoisotopic (exact) mass is 423 g/mol. The molecule has 1 amide bonds. The molecule has 0 atom stereocenters. The van der Waals surface area contributed by atoms with Gasteiger partial charge in [0.25, 0.3) is 0 Å². The second kappa shape index (κ2) is 11.5. The molecule has 0 saturated heterocycles. The largest absolute Gasteiger partial charge is 0.494 e. The smallest absolute Gasteiger partial charge is 0.230 e. The third-order valence-corrected chi connectivity index (χ3v) is 5.64. The molecule has 0 radical (unpaired) electrons. The van der Waals surface area contributed by atoms with Crippen molar-refractivity contribution in [1.29, 1.82) is 0 Å². The summed E-state index contributed by atoms with van der Waals surface area (Å²) in [7, 11) is 0. The van der Waals surface area contributed by atoms with Crippen LogP contribution in [0, 0.1) is 0 Å². The third kappa shape index (κ3) is 6.13. The zero-order valence-corrected chi connectivity index (χ0v) is 18.5. The molecule has 30 heavy (non-hydrogen) atoms. The molecule has 3 aromatic rings. The molecule has 0 aliphatic heterocycles. The van der Waals surface area contributed by atoms with Gasteiger partial charge in [-0.25, -0.2) is 4.98 Å². The summed E-state index contributed by atoms with van der Waals surface area (Å²) < 4.78 is 5.85. The van der Waals surface area contributed by atoms with E-state index in [4.69, 9.17) is 4.74 Å². The van der Waals surface area contributed by atoms with E-state index in [9.17, 15) is 4.79 Å². The lowest BCUT2D eigenvalue weighted by Gasteiger charge is -2.18. The number of pyridine rings is 1. The van der Waals surface area contributed by atoms with E-state index in [1.165, 1.54) is 43.4 Å². The highest BCUT2D eigenvalue weighted by atomic mass is 32.1. The quantitative estimate of drug-likeness (QED) is 0.325. The van der Waals surface area contributed by atoms with E-state index in [0.717, 1.165) is 35.7 Å². The van der Waals surface area contributed by atoms with Crippen LogP contribution in [0.1, 0.15) is 52.4 Å². The Morgan fingerprint density at radius 1 is 1.07 bits per heavy atom. The Balaban J connectivity index is 1.60. The summed E-state index contributed by atoms with van der Waals surface area (Å²) in [6.07, 6.45) is 11.0. The van der Waals surface area contributed by atoms with Gasteiger partial charge in [0.2, 0.25) is 5.91 Å². The molecule has 0 saturated carbocycles. The van der Waals surface area contributed by atoms with Crippen molar-refractivity contribution in [2.75, 3.05) is 11.5 Å². The van der Waals surface area contributed by atoms with Crippen LogP contribution >= 0.6 is 11.3 Å². The standard InChI is InChI=1S/C24H29N3O2S/c1-3-4-5-6-7-8-16-29-22-13-11-21(12-14-22)27(19(2)28)24-26-23(18-30-24)20-10-9-15-25-17-20/h9-15,17-18H,3-8,16H2,1-2H3. The number of hydrogen-bond donors (Lipinski definition) is 0. The van der Waals surface area contributed by atoms with Crippen molar-refractivity contribution in [2.45, 2.75) is 52.4 Å². The predicted octanol–water partition coefficient (Wildman–Crippen LogP) is 6.63. The molecule has 0 unspecified atom stereocenters. The molecule has 2 heterocycles. The van der Waals surface area contributed by atoms with Crippen molar-refractivity contribution in [3.8, 4) is 17.0 Å². The molecule has 3 rings (SSSR count). The fraction of sp³-hybridized carbons (Fsp3) is 0.375. The highest BCUT2D eigenvalue weighted by Gasteiger charge is 2.18. The van der Waals surface area contributed by atoms with E-state index in [1.54, 1.807) is 24.2 Å². The molecule has 6 heteroatoms. The molecule has 0 fully saturated rings. The van der Waals surface area contributed by atoms with Gasteiger partial charge in [-0.3, -0.25) is 14.7 Å². The van der Waals surface area contributed by atoms with Crippen molar-refractivity contribution in [3.05, 3.63) is 54.2 Å². The summed E-state index contributed by atoms with van der Waals surface area (Å²) in [6.45, 7) is 4.51. The maximum atomic E-state index is 12.3. The molecule has 0 aliphatic rings. The number of benzene rings is 1. The number of rotatable bonds is 11. The van der Waals surface area contributed by atoms with E-state index >= 15 is 0 Å². The number of thiazole rings is 1. The van der Waals surface area contributed by atoms with Gasteiger partial charge in [0, 0.05) is 30.3 Å². The van der Waals surface area contributed by atoms with Crippen molar-refractivity contribution >= 4 is 28.1 Å². The minimum atomic E-state index is -0.0807. The van der Waals surface area contributed by atoms with Crippen LogP contribution in [0.2, 0.25) is 0 Å². The van der Waals surface area contributed by atoms with Gasteiger partial charge in [-0.2, -0.15) is 0 Å². The lowest BCUT2D eigenvalue weighted by molar-refractivity contribution is -0.115. The maximum Gasteiger partial charge on any atom is 0.230 e. The van der Waals surface area contributed by atoms with Gasteiger partial charge in [0.05, 0.1) is 18.0 Å². The fourth-order valence-electron chi connectivity index (χ4n) is 3.20. The molecule has 0 spiro atoms. The summed E-state index contributed by atoms with van der Waals surface area (Å²) in [5.74, 6) is 0.744. The second-order valence-corrected chi connectivity index (χ2v) is 8.06. The number of carbonyl (C=O) groups is 1. The number of unbranched alkanes of at least 4 members (excludes halogenated alkanes) is 5. The summed E-state index contributed by atoms with van der Waals surface area (Å²) in [4.78, 5) is 22.8. The van der Waals surface area contributed by atoms with Crippen molar-refractivity contribution in [2.24, 2.45) is 0 Å². The zero-order chi connectivity index (χ0) is 21.2. The first-order valence-corrected chi connectivity index (χ1v) is 11.5. The summed E-state index contributed by atoms with van der Waals surface area (Å²) in [5, 5.41) is 2.59. The molecule has 158 valence electrons. The van der Waals surface area contributed by atoms with Gasteiger partial charge in [-0.15, -0.1) is 11.3 Å². The topological polar surface area (TPSA) is 55.3 Å². The first-order chi connectivity index (χ1) is 14.7.